The van der Waals surface area contributed by atoms with E-state index in [0.717, 1.165) is 0 Å². The SMILES string of the molecule is O=C(NC[C@H](CO)Cc1cccc(OC(F)(F)F)c1)c1ccc(Cl)cc1. The largest absolute Gasteiger partial charge is 0.573 e. The molecule has 0 heterocycles. The number of halogens is 4. The van der Waals surface area contributed by atoms with Crippen LogP contribution in [0.5, 0.6) is 5.75 Å². The van der Waals surface area contributed by atoms with Crippen molar-refractivity contribution in [3.8, 4) is 5.75 Å². The van der Waals surface area contributed by atoms with E-state index in [1.165, 1.54) is 18.2 Å². The van der Waals surface area contributed by atoms with Gasteiger partial charge >= 0.3 is 6.36 Å². The number of rotatable bonds is 7. The smallest absolute Gasteiger partial charge is 0.406 e. The molecule has 0 aliphatic carbocycles. The lowest BCUT2D eigenvalue weighted by molar-refractivity contribution is -0.274. The number of carbonyl (C=O) groups is 1. The van der Waals surface area contributed by atoms with Crippen molar-refractivity contribution < 1.29 is 27.8 Å². The van der Waals surface area contributed by atoms with Crippen molar-refractivity contribution in [1.29, 1.82) is 0 Å². The third-order valence-electron chi connectivity index (χ3n) is 3.57. The first-order chi connectivity index (χ1) is 12.3. The molecule has 0 bridgehead atoms. The van der Waals surface area contributed by atoms with Crippen molar-refractivity contribution in [2.24, 2.45) is 5.92 Å². The van der Waals surface area contributed by atoms with Gasteiger partial charge in [-0.3, -0.25) is 4.79 Å². The molecule has 4 nitrogen and oxygen atoms in total. The lowest BCUT2D eigenvalue weighted by Gasteiger charge is -2.16. The Morgan fingerprint density at radius 1 is 1.19 bits per heavy atom. The average Bonchev–Trinajstić information content (AvgIpc) is 2.57. The van der Waals surface area contributed by atoms with E-state index < -0.39 is 6.36 Å². The number of ether oxygens (including phenoxy) is 1. The third-order valence-corrected chi connectivity index (χ3v) is 3.82. The molecule has 0 aliphatic rings. The van der Waals surface area contributed by atoms with E-state index in [9.17, 15) is 23.1 Å². The molecule has 2 N–H and O–H groups in total. The number of nitrogens with one attached hydrogen (secondary N) is 1. The van der Waals surface area contributed by atoms with Crippen LogP contribution in [-0.2, 0) is 6.42 Å². The molecule has 2 aromatic rings. The summed E-state index contributed by atoms with van der Waals surface area (Å²) in [5.74, 6) is -1.00. The molecule has 26 heavy (non-hydrogen) atoms. The maximum Gasteiger partial charge on any atom is 0.573 e. The summed E-state index contributed by atoms with van der Waals surface area (Å²) in [6.45, 7) is -0.0619. The summed E-state index contributed by atoms with van der Waals surface area (Å²) in [7, 11) is 0. The van der Waals surface area contributed by atoms with E-state index in [0.29, 0.717) is 16.1 Å². The zero-order valence-electron chi connectivity index (χ0n) is 13.6. The summed E-state index contributed by atoms with van der Waals surface area (Å²) in [5.41, 5.74) is 0.984. The molecule has 2 aromatic carbocycles. The fourth-order valence-corrected chi connectivity index (χ4v) is 2.47. The van der Waals surface area contributed by atoms with Gasteiger partial charge in [0.2, 0.25) is 0 Å². The molecule has 1 atom stereocenters. The van der Waals surface area contributed by atoms with Gasteiger partial charge in [0.05, 0.1) is 0 Å². The first-order valence-corrected chi connectivity index (χ1v) is 8.14. The highest BCUT2D eigenvalue weighted by molar-refractivity contribution is 6.30. The van der Waals surface area contributed by atoms with Crippen LogP contribution in [0.25, 0.3) is 0 Å². The molecule has 0 saturated carbocycles. The topological polar surface area (TPSA) is 58.6 Å². The Labute approximate surface area is 153 Å². The van der Waals surface area contributed by atoms with Gasteiger partial charge < -0.3 is 15.2 Å². The summed E-state index contributed by atoms with van der Waals surface area (Å²) in [4.78, 5) is 12.1. The Morgan fingerprint density at radius 3 is 2.50 bits per heavy atom. The number of aliphatic hydroxyl groups excluding tert-OH is 1. The van der Waals surface area contributed by atoms with Gasteiger partial charge in [-0.25, -0.2) is 0 Å². The first-order valence-electron chi connectivity index (χ1n) is 7.76. The van der Waals surface area contributed by atoms with Gasteiger partial charge in [0.1, 0.15) is 5.75 Å². The summed E-state index contributed by atoms with van der Waals surface area (Å²) in [6, 6.07) is 11.9. The van der Waals surface area contributed by atoms with Crippen molar-refractivity contribution in [3.63, 3.8) is 0 Å². The predicted molar refractivity (Wildman–Crippen MR) is 91.2 cm³/mol. The second kappa shape index (κ2) is 8.91. The molecule has 0 radical (unpaired) electrons. The lowest BCUT2D eigenvalue weighted by Crippen LogP contribution is -2.31. The minimum absolute atomic E-state index is 0.169. The van der Waals surface area contributed by atoms with Gasteiger partial charge in [0.25, 0.3) is 5.91 Å². The number of hydrogen-bond donors (Lipinski definition) is 2. The monoisotopic (exact) mass is 387 g/mol. The number of amides is 1. The maximum atomic E-state index is 12.3. The Hall–Kier alpha value is -2.25. The van der Waals surface area contributed by atoms with E-state index >= 15 is 0 Å². The van der Waals surface area contributed by atoms with Crippen LogP contribution < -0.4 is 10.1 Å². The zero-order chi connectivity index (χ0) is 19.2. The van der Waals surface area contributed by atoms with E-state index in [1.54, 1.807) is 30.3 Å². The van der Waals surface area contributed by atoms with Gasteiger partial charge in [-0.1, -0.05) is 23.7 Å². The highest BCUT2D eigenvalue weighted by Crippen LogP contribution is 2.24. The van der Waals surface area contributed by atoms with Crippen molar-refractivity contribution >= 4 is 17.5 Å². The van der Waals surface area contributed by atoms with Crippen LogP contribution in [0.1, 0.15) is 15.9 Å². The quantitative estimate of drug-likeness (QED) is 0.759. The second-order valence-corrected chi connectivity index (χ2v) is 6.10. The maximum absolute atomic E-state index is 12.3. The minimum Gasteiger partial charge on any atom is -0.406 e. The van der Waals surface area contributed by atoms with E-state index in [4.69, 9.17) is 11.6 Å². The Kier molecular flexibility index (Phi) is 6.88. The zero-order valence-corrected chi connectivity index (χ0v) is 14.3. The molecule has 0 aromatic heterocycles. The predicted octanol–water partition coefficient (Wildman–Crippen LogP) is 3.82. The fourth-order valence-electron chi connectivity index (χ4n) is 2.34. The molecule has 0 unspecified atom stereocenters. The fraction of sp³-hybridized carbons (Fsp3) is 0.278. The van der Waals surface area contributed by atoms with Crippen molar-refractivity contribution in [3.05, 3.63) is 64.7 Å². The molecule has 0 saturated heterocycles. The van der Waals surface area contributed by atoms with Gasteiger partial charge in [-0.05, 0) is 48.4 Å². The van der Waals surface area contributed by atoms with E-state index in [2.05, 4.69) is 10.1 Å². The molecule has 140 valence electrons. The summed E-state index contributed by atoms with van der Waals surface area (Å²) in [6.07, 6.45) is -4.48. The highest BCUT2D eigenvalue weighted by atomic mass is 35.5. The molecule has 0 fully saturated rings. The van der Waals surface area contributed by atoms with Crippen LogP contribution in [0.2, 0.25) is 5.02 Å². The normalized spacial score (nSPS) is 12.5. The summed E-state index contributed by atoms with van der Waals surface area (Å²) >= 11 is 5.76. The Bertz CT molecular complexity index is 735. The number of alkyl halides is 3. The van der Waals surface area contributed by atoms with Crippen molar-refractivity contribution in [2.75, 3.05) is 13.2 Å². The van der Waals surface area contributed by atoms with Crippen LogP contribution in [0, 0.1) is 5.92 Å². The molecule has 0 spiro atoms. The van der Waals surface area contributed by atoms with E-state index in [1.807, 2.05) is 0 Å². The number of aliphatic hydroxyl groups is 1. The molecule has 8 heteroatoms. The van der Waals surface area contributed by atoms with Crippen LogP contribution in [0.15, 0.2) is 48.5 Å². The van der Waals surface area contributed by atoms with Gasteiger partial charge in [0, 0.05) is 29.7 Å². The van der Waals surface area contributed by atoms with E-state index in [-0.39, 0.29) is 37.1 Å². The Balaban J connectivity index is 1.93. The highest BCUT2D eigenvalue weighted by Gasteiger charge is 2.31. The standard InChI is InChI=1S/C18H17ClF3NO3/c19-15-6-4-14(5-7-15)17(25)23-10-13(11-24)8-12-2-1-3-16(9-12)26-18(20,21)22/h1-7,9,13,24H,8,10-11H2,(H,23,25)/t13-/m1/s1. The molecular weight excluding hydrogens is 371 g/mol. The van der Waals surface area contributed by atoms with Gasteiger partial charge in [0.15, 0.2) is 0 Å². The Morgan fingerprint density at radius 2 is 1.88 bits per heavy atom. The first kappa shape index (κ1) is 20.1. The molecule has 1 amide bonds. The van der Waals surface area contributed by atoms with Crippen LogP contribution in [0.4, 0.5) is 13.2 Å². The summed E-state index contributed by atoms with van der Waals surface area (Å²) in [5, 5.41) is 12.7. The van der Waals surface area contributed by atoms with Crippen LogP contribution in [-0.4, -0.2) is 30.5 Å². The molecular formula is C18H17ClF3NO3. The third kappa shape index (κ3) is 6.57. The van der Waals surface area contributed by atoms with Gasteiger partial charge in [-0.15, -0.1) is 13.2 Å². The average molecular weight is 388 g/mol. The molecule has 2 rings (SSSR count). The van der Waals surface area contributed by atoms with Crippen molar-refractivity contribution in [1.82, 2.24) is 5.32 Å². The lowest BCUT2D eigenvalue weighted by atomic mass is 9.99. The number of hydrogen-bond acceptors (Lipinski definition) is 3. The second-order valence-electron chi connectivity index (χ2n) is 5.66. The number of carbonyl (C=O) groups excluding carboxylic acids is 1. The molecule has 0 aliphatic heterocycles. The van der Waals surface area contributed by atoms with Gasteiger partial charge in [-0.2, -0.15) is 0 Å². The van der Waals surface area contributed by atoms with Crippen LogP contribution in [0.3, 0.4) is 0 Å². The van der Waals surface area contributed by atoms with Crippen molar-refractivity contribution in [2.45, 2.75) is 12.8 Å². The summed E-state index contributed by atoms with van der Waals surface area (Å²) < 4.78 is 40.7. The number of benzene rings is 2. The van der Waals surface area contributed by atoms with Crippen LogP contribution >= 0.6 is 11.6 Å². The minimum atomic E-state index is -4.76.